The fraction of sp³-hybridized carbons (Fsp3) is 0.0952. The van der Waals surface area contributed by atoms with Crippen LogP contribution in [0.25, 0.3) is 16.9 Å². The predicted octanol–water partition coefficient (Wildman–Crippen LogP) is 3.99. The molecule has 1 atom stereocenters. The lowest BCUT2D eigenvalue weighted by molar-refractivity contribution is -0.498. The van der Waals surface area contributed by atoms with E-state index in [0.717, 1.165) is 0 Å². The minimum atomic E-state index is -4.74. The number of pyridine rings is 2. The molecule has 5 nitrogen and oxygen atoms in total. The maximum absolute atomic E-state index is 13.6. The lowest BCUT2D eigenvalue weighted by atomic mass is 10.1. The third kappa shape index (κ3) is 3.73. The van der Waals surface area contributed by atoms with Crippen LogP contribution in [0.2, 0.25) is 0 Å². The maximum Gasteiger partial charge on any atom is 0.414 e. The number of nitrogens with zero attached hydrogens (tertiary/aromatic N) is 2. The maximum atomic E-state index is 13.6. The number of aromatic nitrogens is 3. The van der Waals surface area contributed by atoms with Gasteiger partial charge in [-0.25, -0.2) is 9.37 Å². The Balaban J connectivity index is 1.75. The molecule has 4 rings (SSSR count). The van der Waals surface area contributed by atoms with Crippen LogP contribution in [-0.4, -0.2) is 22.1 Å². The number of carbonyl (C=O) groups is 1. The summed E-state index contributed by atoms with van der Waals surface area (Å²) in [4.78, 5) is 19.4. The Morgan fingerprint density at radius 2 is 1.77 bits per heavy atom. The molecule has 1 unspecified atom stereocenters. The number of hydrogen-bond donors (Lipinski definition) is 2. The van der Waals surface area contributed by atoms with Gasteiger partial charge < -0.3 is 5.32 Å². The molecule has 3 aromatic heterocycles. The molecule has 0 radical (unpaired) electrons. The topological polar surface area (TPSA) is 61.9 Å². The highest BCUT2D eigenvalue weighted by atomic mass is 19.4. The average molecular weight is 415 g/mol. The summed E-state index contributed by atoms with van der Waals surface area (Å²) in [6, 6.07) is 12.3. The van der Waals surface area contributed by atoms with Crippen LogP contribution < -0.4 is 9.72 Å². The van der Waals surface area contributed by atoms with E-state index in [9.17, 15) is 22.4 Å². The summed E-state index contributed by atoms with van der Waals surface area (Å²) in [7, 11) is 0. The Bertz CT molecular complexity index is 1190. The van der Waals surface area contributed by atoms with Crippen molar-refractivity contribution >= 4 is 11.4 Å². The molecule has 0 bridgehead atoms. The normalized spacial score (nSPS) is 12.7. The number of hydrogen-bond acceptors (Lipinski definition) is 2. The Morgan fingerprint density at radius 3 is 2.43 bits per heavy atom. The lowest BCUT2D eigenvalue weighted by Gasteiger charge is -2.20. The van der Waals surface area contributed by atoms with Gasteiger partial charge in [0.1, 0.15) is 5.82 Å². The van der Waals surface area contributed by atoms with E-state index < -0.39 is 23.9 Å². The van der Waals surface area contributed by atoms with Gasteiger partial charge in [0.05, 0.1) is 17.5 Å². The van der Waals surface area contributed by atoms with E-state index in [1.807, 2.05) is 5.32 Å². The molecule has 2 N–H and O–H groups in total. The first-order valence-corrected chi connectivity index (χ1v) is 8.91. The van der Waals surface area contributed by atoms with Crippen LogP contribution >= 0.6 is 0 Å². The molecule has 0 aliphatic carbocycles. The van der Waals surface area contributed by atoms with Crippen LogP contribution in [0.5, 0.6) is 0 Å². The van der Waals surface area contributed by atoms with E-state index in [-0.39, 0.29) is 11.4 Å². The molecule has 1 aromatic carbocycles. The van der Waals surface area contributed by atoms with Crippen molar-refractivity contribution in [3.05, 3.63) is 90.3 Å². The minimum Gasteiger partial charge on any atom is -0.332 e. The summed E-state index contributed by atoms with van der Waals surface area (Å²) >= 11 is 0. The summed E-state index contributed by atoms with van der Waals surface area (Å²) in [6.07, 6.45) is -1.85. The zero-order valence-corrected chi connectivity index (χ0v) is 15.3. The molecule has 0 saturated carbocycles. The van der Waals surface area contributed by atoms with Gasteiger partial charge in [-0.05, 0) is 48.5 Å². The number of fused-ring (bicyclic) bond motifs is 1. The first-order chi connectivity index (χ1) is 14.3. The van der Waals surface area contributed by atoms with Crippen molar-refractivity contribution in [3.8, 4) is 11.4 Å². The summed E-state index contributed by atoms with van der Waals surface area (Å²) in [5, 5.41) is 2.02. The molecular weight excluding hydrogens is 400 g/mol. The lowest BCUT2D eigenvalue weighted by Crippen LogP contribution is -2.39. The zero-order chi connectivity index (χ0) is 21.3. The molecule has 0 saturated heterocycles. The number of benzene rings is 1. The molecule has 0 aliphatic rings. The summed E-state index contributed by atoms with van der Waals surface area (Å²) in [5.41, 5.74) is 0.561. The van der Waals surface area contributed by atoms with Crippen LogP contribution in [-0.2, 0) is 0 Å². The van der Waals surface area contributed by atoms with Gasteiger partial charge in [-0.2, -0.15) is 17.6 Å². The number of H-pyrrole nitrogens is 1. The second-order valence-electron chi connectivity index (χ2n) is 6.51. The zero-order valence-electron chi connectivity index (χ0n) is 15.3. The number of imidazole rings is 1. The van der Waals surface area contributed by atoms with Crippen molar-refractivity contribution in [2.24, 2.45) is 0 Å². The quantitative estimate of drug-likeness (QED) is 0.391. The van der Waals surface area contributed by atoms with E-state index in [0.29, 0.717) is 16.9 Å². The van der Waals surface area contributed by atoms with E-state index in [1.165, 1.54) is 48.7 Å². The smallest absolute Gasteiger partial charge is 0.332 e. The summed E-state index contributed by atoms with van der Waals surface area (Å²) < 4.78 is 55.7. The molecule has 3 heterocycles. The van der Waals surface area contributed by atoms with E-state index >= 15 is 0 Å². The second-order valence-corrected chi connectivity index (χ2v) is 6.51. The highest BCUT2D eigenvalue weighted by Crippen LogP contribution is 2.32. The van der Waals surface area contributed by atoms with Crippen LogP contribution in [0.1, 0.15) is 22.2 Å². The van der Waals surface area contributed by atoms with Gasteiger partial charge in [-0.3, -0.25) is 9.78 Å². The number of alkyl halides is 3. The minimum absolute atomic E-state index is 0.0555. The molecule has 4 aromatic rings. The van der Waals surface area contributed by atoms with Gasteiger partial charge >= 0.3 is 6.18 Å². The number of nitrogens with one attached hydrogen (secondary N) is 2. The standard InChI is InChI=1S/C21H14F4N4O/c22-14-9-7-13(8-10-14)19-27-17(16-6-2-4-12-29(16)19)20(30)28-18(21(23,24)25)15-5-1-3-11-26-15/h1-12,18H,(H,28,30)/p+1. The van der Waals surface area contributed by atoms with Crippen LogP contribution in [0, 0.1) is 5.82 Å². The van der Waals surface area contributed by atoms with Crippen molar-refractivity contribution in [1.29, 1.82) is 0 Å². The van der Waals surface area contributed by atoms with Crippen molar-refractivity contribution in [1.82, 2.24) is 15.3 Å². The third-order valence-electron chi connectivity index (χ3n) is 4.53. The SMILES string of the molecule is O=C(NC(c1ccccn1)C(F)(F)F)c1[nH]c(-c2ccc(F)cc2)[n+]2ccccc12. The Kier molecular flexibility index (Phi) is 4.94. The first kappa shape index (κ1) is 19.6. The van der Waals surface area contributed by atoms with Gasteiger partial charge in [-0.1, -0.05) is 12.1 Å². The molecule has 152 valence electrons. The Labute approximate surface area is 168 Å². The van der Waals surface area contributed by atoms with Crippen molar-refractivity contribution < 1.29 is 26.8 Å². The number of amides is 1. The largest absolute Gasteiger partial charge is 0.414 e. The summed E-state index contributed by atoms with van der Waals surface area (Å²) in [5.74, 6) is -0.946. The fourth-order valence-corrected chi connectivity index (χ4v) is 3.15. The molecular formula is C21H15F4N4O+. The van der Waals surface area contributed by atoms with Gasteiger partial charge in [0.2, 0.25) is 5.69 Å². The number of halogens is 4. The Morgan fingerprint density at radius 1 is 1.03 bits per heavy atom. The van der Waals surface area contributed by atoms with E-state index in [4.69, 9.17) is 0 Å². The van der Waals surface area contributed by atoms with Crippen molar-refractivity contribution in [2.75, 3.05) is 0 Å². The second kappa shape index (κ2) is 7.58. The van der Waals surface area contributed by atoms with Crippen molar-refractivity contribution in [2.45, 2.75) is 12.2 Å². The van der Waals surface area contributed by atoms with Crippen molar-refractivity contribution in [3.63, 3.8) is 0 Å². The molecule has 9 heteroatoms. The first-order valence-electron chi connectivity index (χ1n) is 8.91. The molecule has 0 aliphatic heterocycles. The van der Waals surface area contributed by atoms with E-state index in [2.05, 4.69) is 9.97 Å². The number of carbonyl (C=O) groups excluding carboxylic acids is 1. The van der Waals surface area contributed by atoms with Crippen LogP contribution in [0.3, 0.4) is 0 Å². The monoisotopic (exact) mass is 415 g/mol. The predicted molar refractivity (Wildman–Crippen MR) is 99.8 cm³/mol. The van der Waals surface area contributed by atoms with Gasteiger partial charge in [0.15, 0.2) is 11.6 Å². The third-order valence-corrected chi connectivity index (χ3v) is 4.53. The highest BCUT2D eigenvalue weighted by Gasteiger charge is 2.44. The van der Waals surface area contributed by atoms with Crippen LogP contribution in [0.15, 0.2) is 73.1 Å². The molecule has 1 amide bonds. The number of rotatable bonds is 4. The molecule has 30 heavy (non-hydrogen) atoms. The Hall–Kier alpha value is -3.75. The highest BCUT2D eigenvalue weighted by molar-refractivity contribution is 5.98. The van der Waals surface area contributed by atoms with Crippen LogP contribution in [0.4, 0.5) is 17.6 Å². The van der Waals surface area contributed by atoms with Gasteiger partial charge in [0.25, 0.3) is 11.7 Å². The summed E-state index contributed by atoms with van der Waals surface area (Å²) in [6.45, 7) is 0. The number of aromatic amines is 1. The van der Waals surface area contributed by atoms with Gasteiger partial charge in [0, 0.05) is 6.20 Å². The fourth-order valence-electron chi connectivity index (χ4n) is 3.15. The van der Waals surface area contributed by atoms with E-state index in [1.54, 1.807) is 28.8 Å². The molecule has 0 fully saturated rings. The van der Waals surface area contributed by atoms with Gasteiger partial charge in [-0.15, -0.1) is 0 Å². The molecule has 0 spiro atoms. The average Bonchev–Trinajstić information content (AvgIpc) is 3.12.